The molecule has 1 N–H and O–H groups in total. The lowest BCUT2D eigenvalue weighted by Gasteiger charge is -2.16. The fourth-order valence-electron chi connectivity index (χ4n) is 1.79. The van der Waals surface area contributed by atoms with Gasteiger partial charge in [-0.15, -0.1) is 5.10 Å². The maximum atomic E-state index is 13.0. The molecule has 0 bridgehead atoms. The summed E-state index contributed by atoms with van der Waals surface area (Å²) in [4.78, 5) is 12.2. The highest BCUT2D eigenvalue weighted by molar-refractivity contribution is 8.00. The lowest BCUT2D eigenvalue weighted by Crippen LogP contribution is -2.24. The minimum Gasteiger partial charge on any atom is -0.325 e. The number of alkyl halides is 3. The maximum Gasteiger partial charge on any atom is 0.418 e. The lowest BCUT2D eigenvalue weighted by molar-refractivity contribution is -0.137. The third kappa shape index (κ3) is 4.38. The Hall–Kier alpha value is -1.81. The number of hydrogen-bond donors (Lipinski definition) is 1. The summed E-state index contributed by atoms with van der Waals surface area (Å²) in [5.41, 5.74) is -1.35. The summed E-state index contributed by atoms with van der Waals surface area (Å²) in [7, 11) is 0. The summed E-state index contributed by atoms with van der Waals surface area (Å²) in [5.74, 6) is -0.599. The van der Waals surface area contributed by atoms with Crippen LogP contribution < -0.4 is 5.32 Å². The maximum absolute atomic E-state index is 13.0. The van der Waals surface area contributed by atoms with E-state index >= 15 is 0 Å². The number of aromatic nitrogens is 4. The summed E-state index contributed by atoms with van der Waals surface area (Å²) in [6, 6.07) is 3.17. The van der Waals surface area contributed by atoms with Crippen LogP contribution in [0.2, 0.25) is 5.02 Å². The third-order valence-corrected chi connectivity index (χ3v) is 4.30. The van der Waals surface area contributed by atoms with Crippen LogP contribution >= 0.6 is 23.4 Å². The van der Waals surface area contributed by atoms with Crippen LogP contribution in [0.4, 0.5) is 18.9 Å². The molecule has 1 atom stereocenters. The van der Waals surface area contributed by atoms with Gasteiger partial charge in [0.2, 0.25) is 11.1 Å². The SMILES string of the molecule is CCn1nnnc1SC(C)C(=O)Nc1ccc(Cl)cc1C(F)(F)F. The molecule has 0 fully saturated rings. The number of benzene rings is 1. The highest BCUT2D eigenvalue weighted by Crippen LogP contribution is 2.36. The van der Waals surface area contributed by atoms with E-state index in [-0.39, 0.29) is 10.7 Å². The van der Waals surface area contributed by atoms with Gasteiger partial charge in [-0.3, -0.25) is 4.79 Å². The standard InChI is InChI=1S/C13H13ClF3N5OS/c1-3-22-12(19-20-21-22)24-7(2)11(23)18-10-5-4-8(14)6-9(10)13(15,16)17/h4-7H,3H2,1-2H3,(H,18,23). The van der Waals surface area contributed by atoms with E-state index < -0.39 is 22.9 Å². The summed E-state index contributed by atoms with van der Waals surface area (Å²) in [6.07, 6.45) is -4.63. The van der Waals surface area contributed by atoms with E-state index in [4.69, 9.17) is 11.6 Å². The molecule has 0 aliphatic rings. The number of halogens is 4. The van der Waals surface area contributed by atoms with Crippen molar-refractivity contribution in [2.75, 3.05) is 5.32 Å². The molecule has 1 unspecified atom stereocenters. The fraction of sp³-hybridized carbons (Fsp3) is 0.385. The zero-order valence-electron chi connectivity index (χ0n) is 12.6. The van der Waals surface area contributed by atoms with Crippen LogP contribution in [0, 0.1) is 0 Å². The van der Waals surface area contributed by atoms with Gasteiger partial charge in [-0.2, -0.15) is 13.2 Å². The van der Waals surface area contributed by atoms with E-state index in [1.54, 1.807) is 6.92 Å². The Kier molecular flexibility index (Phi) is 5.70. The second-order valence-corrected chi connectivity index (χ2v) is 6.46. The Balaban J connectivity index is 2.15. The number of amides is 1. The summed E-state index contributed by atoms with van der Waals surface area (Å²) < 4.78 is 40.6. The molecule has 6 nitrogen and oxygen atoms in total. The molecule has 0 radical (unpaired) electrons. The van der Waals surface area contributed by atoms with Gasteiger partial charge in [0.05, 0.1) is 16.5 Å². The van der Waals surface area contributed by atoms with Gasteiger partial charge in [0.15, 0.2) is 0 Å². The quantitative estimate of drug-likeness (QED) is 0.805. The van der Waals surface area contributed by atoms with Gasteiger partial charge in [0.25, 0.3) is 0 Å². The summed E-state index contributed by atoms with van der Waals surface area (Å²) >= 11 is 6.66. The number of aryl methyl sites for hydroxylation is 1. The van der Waals surface area contributed by atoms with Crippen LogP contribution in [0.3, 0.4) is 0 Å². The predicted molar refractivity (Wildman–Crippen MR) is 83.9 cm³/mol. The first-order valence-corrected chi connectivity index (χ1v) is 8.08. The minimum absolute atomic E-state index is 0.0649. The van der Waals surface area contributed by atoms with E-state index in [1.165, 1.54) is 10.7 Å². The molecule has 130 valence electrons. The Morgan fingerprint density at radius 1 is 1.46 bits per heavy atom. The molecule has 1 aromatic heterocycles. The summed E-state index contributed by atoms with van der Waals surface area (Å²) in [5, 5.41) is 12.9. The highest BCUT2D eigenvalue weighted by atomic mass is 35.5. The first-order chi connectivity index (χ1) is 11.2. The number of thioether (sulfide) groups is 1. The van der Waals surface area contributed by atoms with Crippen LogP contribution in [0.15, 0.2) is 23.4 Å². The number of rotatable bonds is 5. The number of anilines is 1. The molecular weight excluding hydrogens is 367 g/mol. The monoisotopic (exact) mass is 379 g/mol. The third-order valence-electron chi connectivity index (χ3n) is 2.99. The molecule has 0 aliphatic carbocycles. The molecule has 0 spiro atoms. The Labute approximate surface area is 144 Å². The Bertz CT molecular complexity index is 737. The molecule has 24 heavy (non-hydrogen) atoms. The average Bonchev–Trinajstić information content (AvgIpc) is 2.95. The molecule has 1 aromatic carbocycles. The zero-order chi connectivity index (χ0) is 17.9. The van der Waals surface area contributed by atoms with Crippen LogP contribution in [0.1, 0.15) is 19.4 Å². The fourth-order valence-corrected chi connectivity index (χ4v) is 2.81. The molecule has 0 saturated carbocycles. The van der Waals surface area contributed by atoms with Gasteiger partial charge in [-0.05, 0) is 42.5 Å². The van der Waals surface area contributed by atoms with Crippen molar-refractivity contribution in [2.24, 2.45) is 0 Å². The molecular formula is C13H13ClF3N5OS. The number of tetrazole rings is 1. The lowest BCUT2D eigenvalue weighted by atomic mass is 10.1. The van der Waals surface area contributed by atoms with Gasteiger partial charge in [-0.1, -0.05) is 23.4 Å². The predicted octanol–water partition coefficient (Wildman–Crippen LogP) is 3.48. The van der Waals surface area contributed by atoms with Crippen molar-refractivity contribution >= 4 is 35.0 Å². The van der Waals surface area contributed by atoms with Crippen molar-refractivity contribution in [1.82, 2.24) is 20.2 Å². The molecule has 0 saturated heterocycles. The molecule has 11 heteroatoms. The van der Waals surface area contributed by atoms with E-state index in [1.807, 2.05) is 6.92 Å². The van der Waals surface area contributed by atoms with Crippen LogP contribution in [-0.4, -0.2) is 31.4 Å². The largest absolute Gasteiger partial charge is 0.418 e. The van der Waals surface area contributed by atoms with Gasteiger partial charge < -0.3 is 5.32 Å². The average molecular weight is 380 g/mol. The molecule has 1 heterocycles. The zero-order valence-corrected chi connectivity index (χ0v) is 14.2. The first kappa shape index (κ1) is 18.5. The highest BCUT2D eigenvalue weighted by Gasteiger charge is 2.34. The Morgan fingerprint density at radius 3 is 2.79 bits per heavy atom. The van der Waals surface area contributed by atoms with E-state index in [9.17, 15) is 18.0 Å². The van der Waals surface area contributed by atoms with Gasteiger partial charge in [-0.25, -0.2) is 4.68 Å². The minimum atomic E-state index is -4.63. The second-order valence-electron chi connectivity index (χ2n) is 4.71. The van der Waals surface area contributed by atoms with Gasteiger partial charge in [0, 0.05) is 11.6 Å². The smallest absolute Gasteiger partial charge is 0.325 e. The molecule has 1 amide bonds. The van der Waals surface area contributed by atoms with Gasteiger partial charge in [0.1, 0.15) is 0 Å². The van der Waals surface area contributed by atoms with E-state index in [2.05, 4.69) is 20.8 Å². The number of hydrogen-bond acceptors (Lipinski definition) is 5. The number of carbonyl (C=O) groups excluding carboxylic acids is 1. The number of carbonyl (C=O) groups is 1. The molecule has 0 aliphatic heterocycles. The van der Waals surface area contributed by atoms with Crippen LogP contribution in [-0.2, 0) is 17.5 Å². The summed E-state index contributed by atoms with van der Waals surface area (Å²) in [6.45, 7) is 3.89. The molecule has 2 aromatic rings. The van der Waals surface area contributed by atoms with E-state index in [0.717, 1.165) is 23.9 Å². The van der Waals surface area contributed by atoms with Crippen molar-refractivity contribution in [3.05, 3.63) is 28.8 Å². The van der Waals surface area contributed by atoms with E-state index in [0.29, 0.717) is 11.7 Å². The first-order valence-electron chi connectivity index (χ1n) is 6.82. The normalized spacial score (nSPS) is 12.9. The van der Waals surface area contributed by atoms with Crippen LogP contribution in [0.25, 0.3) is 0 Å². The second kappa shape index (κ2) is 7.39. The van der Waals surface area contributed by atoms with Crippen LogP contribution in [0.5, 0.6) is 0 Å². The topological polar surface area (TPSA) is 72.7 Å². The van der Waals surface area contributed by atoms with Crippen molar-refractivity contribution in [1.29, 1.82) is 0 Å². The van der Waals surface area contributed by atoms with Gasteiger partial charge >= 0.3 is 6.18 Å². The Morgan fingerprint density at radius 2 is 2.17 bits per heavy atom. The van der Waals surface area contributed by atoms with Crippen molar-refractivity contribution < 1.29 is 18.0 Å². The van der Waals surface area contributed by atoms with Crippen molar-refractivity contribution in [2.45, 2.75) is 37.0 Å². The van der Waals surface area contributed by atoms with Crippen molar-refractivity contribution in [3.8, 4) is 0 Å². The number of nitrogens with zero attached hydrogens (tertiary/aromatic N) is 4. The number of nitrogens with one attached hydrogen (secondary N) is 1. The molecule has 2 rings (SSSR count). The van der Waals surface area contributed by atoms with Crippen molar-refractivity contribution in [3.63, 3.8) is 0 Å².